The molecule has 0 radical (unpaired) electrons. The lowest BCUT2D eigenvalue weighted by molar-refractivity contribution is -0.0315. The van der Waals surface area contributed by atoms with Gasteiger partial charge in [-0.05, 0) is 49.9 Å². The van der Waals surface area contributed by atoms with Crippen LogP contribution in [0, 0.1) is 25.7 Å². The van der Waals surface area contributed by atoms with Crippen molar-refractivity contribution in [2.24, 2.45) is 17.6 Å². The average Bonchev–Trinajstić information content (AvgIpc) is 3.22. The molecular formula is C26H33N3O2. The number of pyridine rings is 1. The Kier molecular flexibility index (Phi) is 5.80. The summed E-state index contributed by atoms with van der Waals surface area (Å²) in [5.74, 6) is 1.54. The second-order valence-corrected chi connectivity index (χ2v) is 8.80. The number of benzene rings is 1. The van der Waals surface area contributed by atoms with Crippen molar-refractivity contribution < 1.29 is 9.47 Å². The Morgan fingerprint density at radius 2 is 1.94 bits per heavy atom. The molecule has 0 saturated carbocycles. The van der Waals surface area contributed by atoms with Crippen LogP contribution in [-0.2, 0) is 11.2 Å². The molecule has 1 aliphatic rings. The van der Waals surface area contributed by atoms with Gasteiger partial charge in [0.25, 0.3) is 0 Å². The predicted molar refractivity (Wildman–Crippen MR) is 126 cm³/mol. The topological polar surface area (TPSA) is 62.3 Å². The lowest BCUT2D eigenvalue weighted by Gasteiger charge is -2.20. The SMILES string of the molecule is C=C(N)c1c(CC)cn([C@@H]2O[C@H](COc3ccc4ccc(C)nc4c3)[C@@H](C)[C@@H]2C)c1C. The lowest BCUT2D eigenvalue weighted by Crippen LogP contribution is -2.23. The monoisotopic (exact) mass is 419 g/mol. The minimum Gasteiger partial charge on any atom is -0.491 e. The summed E-state index contributed by atoms with van der Waals surface area (Å²) >= 11 is 0. The van der Waals surface area contributed by atoms with E-state index >= 15 is 0 Å². The molecule has 1 aromatic carbocycles. The molecule has 1 fully saturated rings. The Hall–Kier alpha value is -2.79. The Morgan fingerprint density at radius 1 is 1.19 bits per heavy atom. The van der Waals surface area contributed by atoms with Gasteiger partial charge in [-0.3, -0.25) is 4.98 Å². The van der Waals surface area contributed by atoms with Crippen LogP contribution in [0.2, 0.25) is 0 Å². The molecule has 0 bridgehead atoms. The van der Waals surface area contributed by atoms with Gasteiger partial charge in [-0.25, -0.2) is 0 Å². The third-order valence-electron chi connectivity index (χ3n) is 6.74. The number of rotatable bonds is 6. The maximum Gasteiger partial charge on any atom is 0.137 e. The molecule has 5 nitrogen and oxygen atoms in total. The van der Waals surface area contributed by atoms with Crippen LogP contribution in [0.1, 0.15) is 49.5 Å². The van der Waals surface area contributed by atoms with Crippen molar-refractivity contribution in [3.05, 3.63) is 65.6 Å². The first-order chi connectivity index (χ1) is 14.8. The van der Waals surface area contributed by atoms with Crippen molar-refractivity contribution in [2.45, 2.75) is 53.4 Å². The third-order valence-corrected chi connectivity index (χ3v) is 6.74. The van der Waals surface area contributed by atoms with E-state index in [4.69, 9.17) is 15.2 Å². The fraction of sp³-hybridized carbons (Fsp3) is 0.423. The van der Waals surface area contributed by atoms with Crippen LogP contribution in [0.15, 0.2) is 43.1 Å². The van der Waals surface area contributed by atoms with E-state index in [-0.39, 0.29) is 12.3 Å². The molecule has 2 N–H and O–H groups in total. The fourth-order valence-corrected chi connectivity index (χ4v) is 4.66. The highest BCUT2D eigenvalue weighted by Crippen LogP contribution is 2.41. The molecule has 1 saturated heterocycles. The Morgan fingerprint density at radius 3 is 2.61 bits per heavy atom. The zero-order valence-corrected chi connectivity index (χ0v) is 19.2. The van der Waals surface area contributed by atoms with E-state index in [9.17, 15) is 0 Å². The Labute approximate surface area is 184 Å². The van der Waals surface area contributed by atoms with E-state index in [0.29, 0.717) is 24.1 Å². The van der Waals surface area contributed by atoms with Crippen LogP contribution < -0.4 is 10.5 Å². The van der Waals surface area contributed by atoms with Gasteiger partial charge in [0.05, 0.1) is 11.6 Å². The first-order valence-corrected chi connectivity index (χ1v) is 11.1. The number of fused-ring (bicyclic) bond motifs is 1. The highest BCUT2D eigenvalue weighted by molar-refractivity contribution is 5.80. The van der Waals surface area contributed by atoms with Crippen molar-refractivity contribution in [1.29, 1.82) is 0 Å². The van der Waals surface area contributed by atoms with Gasteiger partial charge in [0.2, 0.25) is 0 Å². The summed E-state index contributed by atoms with van der Waals surface area (Å²) < 4.78 is 14.9. The summed E-state index contributed by atoms with van der Waals surface area (Å²) in [5.41, 5.74) is 12.0. The van der Waals surface area contributed by atoms with E-state index in [2.05, 4.69) is 62.2 Å². The van der Waals surface area contributed by atoms with Gasteiger partial charge in [-0.15, -0.1) is 0 Å². The van der Waals surface area contributed by atoms with E-state index in [1.807, 2.05) is 25.1 Å². The number of aryl methyl sites for hydroxylation is 2. The molecule has 0 amide bonds. The minimum absolute atomic E-state index is 0.0116. The fourth-order valence-electron chi connectivity index (χ4n) is 4.66. The largest absolute Gasteiger partial charge is 0.491 e. The summed E-state index contributed by atoms with van der Waals surface area (Å²) in [5, 5.41) is 1.12. The van der Waals surface area contributed by atoms with Gasteiger partial charge >= 0.3 is 0 Å². The van der Waals surface area contributed by atoms with Crippen LogP contribution in [0.25, 0.3) is 16.6 Å². The van der Waals surface area contributed by atoms with Crippen molar-refractivity contribution in [3.63, 3.8) is 0 Å². The zero-order valence-electron chi connectivity index (χ0n) is 19.2. The van der Waals surface area contributed by atoms with Gasteiger partial charge in [-0.2, -0.15) is 0 Å². The number of hydrogen-bond donors (Lipinski definition) is 1. The molecule has 1 aliphatic heterocycles. The van der Waals surface area contributed by atoms with E-state index in [1.165, 1.54) is 5.56 Å². The molecule has 5 heteroatoms. The molecule has 3 aromatic rings. The van der Waals surface area contributed by atoms with Crippen molar-refractivity contribution in [2.75, 3.05) is 6.61 Å². The second kappa shape index (κ2) is 8.39. The molecule has 31 heavy (non-hydrogen) atoms. The van der Waals surface area contributed by atoms with Crippen molar-refractivity contribution in [1.82, 2.24) is 9.55 Å². The Balaban J connectivity index is 1.51. The van der Waals surface area contributed by atoms with Gasteiger partial charge in [0, 0.05) is 46.2 Å². The van der Waals surface area contributed by atoms with Gasteiger partial charge in [0.15, 0.2) is 0 Å². The highest BCUT2D eigenvalue weighted by atomic mass is 16.6. The second-order valence-electron chi connectivity index (χ2n) is 8.80. The summed E-state index contributed by atoms with van der Waals surface area (Å²) in [4.78, 5) is 4.61. The summed E-state index contributed by atoms with van der Waals surface area (Å²) in [6.07, 6.45) is 3.07. The first kappa shape index (κ1) is 21.4. The van der Waals surface area contributed by atoms with Crippen molar-refractivity contribution >= 4 is 16.6 Å². The molecule has 0 unspecified atom stereocenters. The van der Waals surface area contributed by atoms with E-state index in [0.717, 1.165) is 40.0 Å². The Bertz CT molecular complexity index is 1120. The third kappa shape index (κ3) is 3.94. The van der Waals surface area contributed by atoms with Crippen molar-refractivity contribution in [3.8, 4) is 5.75 Å². The minimum atomic E-state index is -0.0390. The van der Waals surface area contributed by atoms with Crippen LogP contribution in [0.4, 0.5) is 0 Å². The number of nitrogens with zero attached hydrogens (tertiary/aromatic N) is 2. The number of ether oxygens (including phenoxy) is 2. The van der Waals surface area contributed by atoms with Crippen LogP contribution in [0.5, 0.6) is 5.75 Å². The van der Waals surface area contributed by atoms with Crippen LogP contribution in [0.3, 0.4) is 0 Å². The molecule has 3 heterocycles. The maximum atomic E-state index is 6.53. The average molecular weight is 420 g/mol. The standard InChI is InChI=1S/C26H33N3O2/c1-7-20-13-29(19(6)25(20)18(5)27)26-17(4)16(3)24(31-26)14-30-22-11-10-21-9-8-15(2)28-23(21)12-22/h8-13,16-17,24,26H,5,7,14,27H2,1-4,6H3/t16-,17-,24+,26+/m0/s1. The number of nitrogens with two attached hydrogens (primary N) is 1. The molecular weight excluding hydrogens is 386 g/mol. The predicted octanol–water partition coefficient (Wildman–Crippen LogP) is 5.39. The number of hydrogen-bond acceptors (Lipinski definition) is 4. The molecule has 0 aliphatic carbocycles. The lowest BCUT2D eigenvalue weighted by atomic mass is 9.93. The summed E-state index contributed by atoms with van der Waals surface area (Å²) in [6, 6.07) is 10.2. The number of aromatic nitrogens is 2. The molecule has 164 valence electrons. The maximum absolute atomic E-state index is 6.53. The van der Waals surface area contributed by atoms with E-state index < -0.39 is 0 Å². The van der Waals surface area contributed by atoms with E-state index in [1.54, 1.807) is 0 Å². The van der Waals surface area contributed by atoms with Gasteiger partial charge < -0.3 is 19.8 Å². The zero-order chi connectivity index (χ0) is 22.3. The van der Waals surface area contributed by atoms with Crippen LogP contribution in [-0.4, -0.2) is 22.3 Å². The molecule has 2 aromatic heterocycles. The summed E-state index contributed by atoms with van der Waals surface area (Å²) in [6.45, 7) is 15.2. The normalized spacial score (nSPS) is 23.4. The van der Waals surface area contributed by atoms with Crippen LogP contribution >= 0.6 is 0 Å². The highest BCUT2D eigenvalue weighted by Gasteiger charge is 2.41. The molecule has 4 atom stereocenters. The first-order valence-electron chi connectivity index (χ1n) is 11.1. The molecule has 0 spiro atoms. The van der Waals surface area contributed by atoms with Gasteiger partial charge in [-0.1, -0.05) is 33.4 Å². The van der Waals surface area contributed by atoms with Gasteiger partial charge in [0.1, 0.15) is 18.6 Å². The smallest absolute Gasteiger partial charge is 0.137 e. The summed E-state index contributed by atoms with van der Waals surface area (Å²) in [7, 11) is 0. The molecule has 4 rings (SSSR count). The quantitative estimate of drug-likeness (QED) is 0.582.